The van der Waals surface area contributed by atoms with Crippen LogP contribution in [0.2, 0.25) is 0 Å². The Balaban J connectivity index is 1.57. The predicted octanol–water partition coefficient (Wildman–Crippen LogP) is 0.881. The summed E-state index contributed by atoms with van der Waals surface area (Å²) in [4.78, 5) is 16.5. The molecule has 0 amide bonds. The largest absolute Gasteiger partial charge is 0.340 e. The average Bonchev–Trinajstić information content (AvgIpc) is 2.94. The lowest BCUT2D eigenvalue weighted by molar-refractivity contribution is 0.202. The molecule has 23 heavy (non-hydrogen) atoms. The molecule has 1 aromatic heterocycles. The molecule has 1 aliphatic heterocycles. The minimum Gasteiger partial charge on any atom is -0.299 e. The monoisotopic (exact) mass is 336 g/mol. The molecule has 0 atom stereocenters. The predicted molar refractivity (Wildman–Crippen MR) is 86.0 cm³/mol. The highest BCUT2D eigenvalue weighted by Gasteiger charge is 2.23. The molecule has 8 heteroatoms. The molecule has 1 aliphatic rings. The van der Waals surface area contributed by atoms with Crippen LogP contribution in [-0.4, -0.2) is 47.8 Å². The summed E-state index contributed by atoms with van der Waals surface area (Å²) in [5, 5.41) is 6.42. The maximum Gasteiger partial charge on any atom is 0.340 e. The Bertz CT molecular complexity index is 815. The fraction of sp³-hybridized carbons (Fsp3) is 0.467. The number of likely N-dealkylation sites (tertiary alicyclic amines) is 1. The molecule has 3 rings (SSSR count). The molecule has 1 saturated heterocycles. The molecule has 0 aliphatic carbocycles. The van der Waals surface area contributed by atoms with E-state index in [0.717, 1.165) is 43.9 Å². The third-order valence-corrected chi connectivity index (χ3v) is 5.38. The van der Waals surface area contributed by atoms with Gasteiger partial charge in [-0.3, -0.25) is 9.88 Å². The lowest BCUT2D eigenvalue weighted by Crippen LogP contribution is -2.32. The van der Waals surface area contributed by atoms with Crippen LogP contribution in [0.3, 0.4) is 0 Å². The number of aromatic nitrogens is 3. The number of hydrogen-bond donors (Lipinski definition) is 2. The highest BCUT2D eigenvalue weighted by Crippen LogP contribution is 2.25. The molecular formula is C15H20N4O3S. The maximum absolute atomic E-state index is 11.5. The van der Waals surface area contributed by atoms with E-state index in [1.165, 1.54) is 6.26 Å². The summed E-state index contributed by atoms with van der Waals surface area (Å²) in [5.41, 5.74) is 0.845. The number of piperidine rings is 1. The first-order chi connectivity index (χ1) is 10.9. The first-order valence-corrected chi connectivity index (χ1v) is 9.47. The molecular weight excluding hydrogens is 316 g/mol. The number of benzene rings is 1. The summed E-state index contributed by atoms with van der Waals surface area (Å²) in [6.07, 6.45) is 3.11. The van der Waals surface area contributed by atoms with Crippen molar-refractivity contribution < 1.29 is 8.42 Å². The Labute approximate surface area is 134 Å². The van der Waals surface area contributed by atoms with Crippen LogP contribution in [0.15, 0.2) is 34.0 Å². The third kappa shape index (κ3) is 3.89. The topological polar surface area (TPSA) is 98.9 Å². The Morgan fingerprint density at radius 3 is 2.39 bits per heavy atom. The molecule has 124 valence electrons. The van der Waals surface area contributed by atoms with Gasteiger partial charge < -0.3 is 0 Å². The summed E-state index contributed by atoms with van der Waals surface area (Å²) < 4.78 is 22.9. The average molecular weight is 336 g/mol. The standard InChI is InChI=1S/C15H20N4O3S/c1-23(21,22)13-4-2-11(3-5-13)10-19-8-6-12(7-9-19)14-16-15(20)18-17-14/h2-5,12H,6-10H2,1H3,(H2,16,17,18,20). The van der Waals surface area contributed by atoms with Crippen LogP contribution < -0.4 is 5.69 Å². The number of hydrogen-bond acceptors (Lipinski definition) is 5. The van der Waals surface area contributed by atoms with E-state index in [2.05, 4.69) is 20.1 Å². The van der Waals surface area contributed by atoms with Crippen LogP contribution in [0.4, 0.5) is 0 Å². The molecule has 2 aromatic rings. The molecule has 0 radical (unpaired) electrons. The zero-order chi connectivity index (χ0) is 16.4. The second-order valence-electron chi connectivity index (χ2n) is 6.03. The van der Waals surface area contributed by atoms with Gasteiger partial charge in [0.2, 0.25) is 0 Å². The van der Waals surface area contributed by atoms with Gasteiger partial charge in [-0.1, -0.05) is 12.1 Å². The maximum atomic E-state index is 11.5. The van der Waals surface area contributed by atoms with Crippen LogP contribution in [0, 0.1) is 0 Å². The van der Waals surface area contributed by atoms with Gasteiger partial charge in [-0.2, -0.15) is 5.10 Å². The molecule has 0 bridgehead atoms. The van der Waals surface area contributed by atoms with Gasteiger partial charge in [-0.15, -0.1) is 0 Å². The van der Waals surface area contributed by atoms with E-state index in [1.54, 1.807) is 12.1 Å². The van der Waals surface area contributed by atoms with Gasteiger partial charge in [0.05, 0.1) is 4.90 Å². The van der Waals surface area contributed by atoms with Crippen molar-refractivity contribution in [3.8, 4) is 0 Å². The lowest BCUT2D eigenvalue weighted by atomic mass is 9.96. The Morgan fingerprint density at radius 2 is 1.87 bits per heavy atom. The smallest absolute Gasteiger partial charge is 0.299 e. The third-order valence-electron chi connectivity index (χ3n) is 4.25. The Morgan fingerprint density at radius 1 is 1.22 bits per heavy atom. The Kier molecular flexibility index (Phi) is 4.36. The first-order valence-electron chi connectivity index (χ1n) is 7.58. The summed E-state index contributed by atoms with van der Waals surface area (Å²) in [7, 11) is -3.14. The Hall–Kier alpha value is -1.93. The van der Waals surface area contributed by atoms with E-state index in [1.807, 2.05) is 12.1 Å². The normalized spacial score (nSPS) is 17.4. The van der Waals surface area contributed by atoms with Crippen LogP contribution >= 0.6 is 0 Å². The summed E-state index contributed by atoms with van der Waals surface area (Å²) >= 11 is 0. The van der Waals surface area contributed by atoms with Crippen molar-refractivity contribution >= 4 is 9.84 Å². The molecule has 1 aromatic carbocycles. The van der Waals surface area contributed by atoms with E-state index in [0.29, 0.717) is 4.90 Å². The number of nitrogens with one attached hydrogen (secondary N) is 2. The molecule has 7 nitrogen and oxygen atoms in total. The van der Waals surface area contributed by atoms with Crippen molar-refractivity contribution in [1.82, 2.24) is 20.1 Å². The second kappa shape index (κ2) is 6.29. The summed E-state index contributed by atoms with van der Waals surface area (Å²) in [6, 6.07) is 7.05. The molecule has 2 heterocycles. The van der Waals surface area contributed by atoms with E-state index in [-0.39, 0.29) is 11.6 Å². The number of sulfone groups is 1. The van der Waals surface area contributed by atoms with Crippen molar-refractivity contribution in [3.05, 3.63) is 46.1 Å². The van der Waals surface area contributed by atoms with Crippen molar-refractivity contribution in [1.29, 1.82) is 0 Å². The molecule has 0 spiro atoms. The zero-order valence-electron chi connectivity index (χ0n) is 12.9. The zero-order valence-corrected chi connectivity index (χ0v) is 13.8. The quantitative estimate of drug-likeness (QED) is 0.863. The van der Waals surface area contributed by atoms with E-state index in [4.69, 9.17) is 0 Å². The van der Waals surface area contributed by atoms with Crippen molar-refractivity contribution in [2.24, 2.45) is 0 Å². The summed E-state index contributed by atoms with van der Waals surface area (Å²) in [6.45, 7) is 2.65. The van der Waals surface area contributed by atoms with E-state index < -0.39 is 9.84 Å². The van der Waals surface area contributed by atoms with Crippen LogP contribution in [0.25, 0.3) is 0 Å². The molecule has 0 unspecified atom stereocenters. The molecule has 0 saturated carbocycles. The van der Waals surface area contributed by atoms with Crippen molar-refractivity contribution in [3.63, 3.8) is 0 Å². The van der Waals surface area contributed by atoms with Gasteiger partial charge in [0.1, 0.15) is 5.82 Å². The van der Waals surface area contributed by atoms with Crippen LogP contribution in [-0.2, 0) is 16.4 Å². The fourth-order valence-electron chi connectivity index (χ4n) is 2.94. The molecule has 1 fully saturated rings. The highest BCUT2D eigenvalue weighted by molar-refractivity contribution is 7.90. The van der Waals surface area contributed by atoms with Gasteiger partial charge in [-0.25, -0.2) is 18.3 Å². The molecule has 2 N–H and O–H groups in total. The number of rotatable bonds is 4. The first kappa shape index (κ1) is 15.9. The fourth-order valence-corrected chi connectivity index (χ4v) is 3.57. The van der Waals surface area contributed by atoms with Gasteiger partial charge in [0.25, 0.3) is 0 Å². The van der Waals surface area contributed by atoms with Gasteiger partial charge in [0, 0.05) is 18.7 Å². The summed E-state index contributed by atoms with van der Waals surface area (Å²) in [5.74, 6) is 1.03. The van der Waals surface area contributed by atoms with Crippen molar-refractivity contribution in [2.75, 3.05) is 19.3 Å². The lowest BCUT2D eigenvalue weighted by Gasteiger charge is -2.30. The highest BCUT2D eigenvalue weighted by atomic mass is 32.2. The van der Waals surface area contributed by atoms with Gasteiger partial charge in [-0.05, 0) is 43.6 Å². The van der Waals surface area contributed by atoms with Crippen LogP contribution in [0.1, 0.15) is 30.1 Å². The minimum atomic E-state index is -3.14. The second-order valence-corrected chi connectivity index (χ2v) is 8.05. The van der Waals surface area contributed by atoms with Gasteiger partial charge >= 0.3 is 5.69 Å². The number of nitrogens with zero attached hydrogens (tertiary/aromatic N) is 2. The van der Waals surface area contributed by atoms with E-state index in [9.17, 15) is 13.2 Å². The van der Waals surface area contributed by atoms with Crippen molar-refractivity contribution in [2.45, 2.75) is 30.2 Å². The number of H-pyrrole nitrogens is 2. The van der Waals surface area contributed by atoms with Gasteiger partial charge in [0.15, 0.2) is 9.84 Å². The number of aromatic amines is 2. The van der Waals surface area contributed by atoms with E-state index >= 15 is 0 Å². The minimum absolute atomic E-state index is 0.256. The van der Waals surface area contributed by atoms with Crippen LogP contribution in [0.5, 0.6) is 0 Å². The SMILES string of the molecule is CS(=O)(=O)c1ccc(CN2CCC(c3n[nH]c(=O)[nH]3)CC2)cc1.